The first-order valence-corrected chi connectivity index (χ1v) is 10.6. The van der Waals surface area contributed by atoms with Gasteiger partial charge in [0.1, 0.15) is 11.7 Å². The third kappa shape index (κ3) is 3.74. The highest BCUT2D eigenvalue weighted by Gasteiger charge is 2.44. The van der Waals surface area contributed by atoms with E-state index in [0.717, 1.165) is 9.91 Å². The van der Waals surface area contributed by atoms with Gasteiger partial charge in [-0.25, -0.2) is 4.98 Å². The van der Waals surface area contributed by atoms with Crippen molar-refractivity contribution in [1.82, 2.24) is 15.2 Å². The van der Waals surface area contributed by atoms with Crippen molar-refractivity contribution in [3.05, 3.63) is 45.4 Å². The number of imide groups is 2. The molecule has 1 unspecified atom stereocenters. The fourth-order valence-corrected chi connectivity index (χ4v) is 4.35. The van der Waals surface area contributed by atoms with E-state index in [0.29, 0.717) is 5.69 Å². The van der Waals surface area contributed by atoms with Gasteiger partial charge in [-0.2, -0.15) is 0 Å². The summed E-state index contributed by atoms with van der Waals surface area (Å²) >= 11 is 1.39. The molecule has 1 aromatic carbocycles. The van der Waals surface area contributed by atoms with E-state index < -0.39 is 35.6 Å². The highest BCUT2D eigenvalue weighted by molar-refractivity contribution is 7.10. The van der Waals surface area contributed by atoms with Crippen LogP contribution in [-0.2, 0) is 15.0 Å². The first-order valence-electron chi connectivity index (χ1n) is 9.69. The summed E-state index contributed by atoms with van der Waals surface area (Å²) < 4.78 is 0. The van der Waals surface area contributed by atoms with Crippen molar-refractivity contribution < 1.29 is 24.0 Å². The number of benzene rings is 1. The minimum absolute atomic E-state index is 0.0509. The lowest BCUT2D eigenvalue weighted by Gasteiger charge is -2.27. The van der Waals surface area contributed by atoms with Gasteiger partial charge in [-0.3, -0.25) is 34.2 Å². The molecule has 1 atom stereocenters. The molecule has 2 aliphatic heterocycles. The second-order valence-electron chi connectivity index (χ2n) is 8.45. The van der Waals surface area contributed by atoms with Crippen molar-refractivity contribution >= 4 is 46.6 Å². The number of hydrogen-bond donors (Lipinski definition) is 2. The van der Waals surface area contributed by atoms with Crippen LogP contribution in [-0.4, -0.2) is 45.5 Å². The van der Waals surface area contributed by atoms with Crippen LogP contribution >= 0.6 is 11.3 Å². The molecule has 160 valence electrons. The molecule has 0 radical (unpaired) electrons. The molecule has 5 amide bonds. The Morgan fingerprint density at radius 3 is 2.52 bits per heavy atom. The minimum atomic E-state index is -1.03. The SMILES string of the molecule is CC(C)(C)c1nc(C(=O)Nc2ccc3c(c2)C(=O)N(C2CCC(=O)NC2=O)C3=O)cs1. The van der Waals surface area contributed by atoms with Crippen LogP contribution in [0.1, 0.15) is 69.8 Å². The Labute approximate surface area is 181 Å². The maximum Gasteiger partial charge on any atom is 0.275 e. The summed E-state index contributed by atoms with van der Waals surface area (Å²) in [6.45, 7) is 6.01. The van der Waals surface area contributed by atoms with Gasteiger partial charge in [-0.15, -0.1) is 11.3 Å². The number of amides is 5. The molecular weight excluding hydrogens is 420 g/mol. The fraction of sp³-hybridized carbons (Fsp3) is 0.333. The lowest BCUT2D eigenvalue weighted by molar-refractivity contribution is -0.136. The van der Waals surface area contributed by atoms with Crippen LogP contribution < -0.4 is 10.6 Å². The molecule has 10 heteroatoms. The minimum Gasteiger partial charge on any atom is -0.321 e. The van der Waals surface area contributed by atoms with E-state index in [-0.39, 0.29) is 35.1 Å². The average molecular weight is 440 g/mol. The molecule has 0 saturated carbocycles. The maximum atomic E-state index is 12.9. The van der Waals surface area contributed by atoms with Gasteiger partial charge < -0.3 is 5.32 Å². The molecular formula is C21H20N4O5S. The Kier molecular flexibility index (Phi) is 4.97. The van der Waals surface area contributed by atoms with Crippen LogP contribution in [0.3, 0.4) is 0 Å². The van der Waals surface area contributed by atoms with Crippen molar-refractivity contribution in [2.75, 3.05) is 5.32 Å². The molecule has 4 rings (SSSR count). The number of carbonyl (C=O) groups is 5. The van der Waals surface area contributed by atoms with Crippen molar-refractivity contribution in [2.45, 2.75) is 45.1 Å². The zero-order chi connectivity index (χ0) is 22.5. The number of nitrogens with zero attached hydrogens (tertiary/aromatic N) is 2. The van der Waals surface area contributed by atoms with Crippen LogP contribution in [0.5, 0.6) is 0 Å². The van der Waals surface area contributed by atoms with Gasteiger partial charge in [0, 0.05) is 22.9 Å². The summed E-state index contributed by atoms with van der Waals surface area (Å²) in [5, 5.41) is 7.35. The van der Waals surface area contributed by atoms with E-state index in [1.165, 1.54) is 29.5 Å². The zero-order valence-corrected chi connectivity index (χ0v) is 18.0. The topological polar surface area (TPSA) is 126 Å². The van der Waals surface area contributed by atoms with Crippen molar-refractivity contribution in [2.24, 2.45) is 0 Å². The second kappa shape index (κ2) is 7.38. The number of fused-ring (bicyclic) bond motifs is 1. The molecule has 2 aromatic rings. The Morgan fingerprint density at radius 2 is 1.87 bits per heavy atom. The van der Waals surface area contributed by atoms with Gasteiger partial charge in [-0.1, -0.05) is 20.8 Å². The van der Waals surface area contributed by atoms with Crippen LogP contribution in [0.4, 0.5) is 5.69 Å². The molecule has 9 nitrogen and oxygen atoms in total. The van der Waals surface area contributed by atoms with Gasteiger partial charge in [0.2, 0.25) is 11.8 Å². The summed E-state index contributed by atoms with van der Waals surface area (Å²) in [5.41, 5.74) is 0.670. The normalized spacial score (nSPS) is 18.8. The molecule has 31 heavy (non-hydrogen) atoms. The fourth-order valence-electron chi connectivity index (χ4n) is 3.47. The first kappa shape index (κ1) is 20.9. The van der Waals surface area contributed by atoms with Crippen LogP contribution in [0.25, 0.3) is 0 Å². The summed E-state index contributed by atoms with van der Waals surface area (Å²) in [7, 11) is 0. The number of rotatable bonds is 3. The largest absolute Gasteiger partial charge is 0.321 e. The van der Waals surface area contributed by atoms with Gasteiger partial charge >= 0.3 is 0 Å². The number of aromatic nitrogens is 1. The molecule has 3 heterocycles. The third-order valence-corrected chi connectivity index (χ3v) is 6.34. The molecule has 2 N–H and O–H groups in total. The highest BCUT2D eigenvalue weighted by Crippen LogP contribution is 2.30. The number of thiazole rings is 1. The molecule has 0 aliphatic carbocycles. The second-order valence-corrected chi connectivity index (χ2v) is 9.31. The summed E-state index contributed by atoms with van der Waals surface area (Å²) in [5.74, 6) is -2.75. The Morgan fingerprint density at radius 1 is 1.16 bits per heavy atom. The number of hydrogen-bond acceptors (Lipinski definition) is 7. The Balaban J connectivity index is 1.55. The van der Waals surface area contributed by atoms with Crippen molar-refractivity contribution in [3.8, 4) is 0 Å². The lowest BCUT2D eigenvalue weighted by Crippen LogP contribution is -2.54. The summed E-state index contributed by atoms with van der Waals surface area (Å²) in [4.78, 5) is 66.9. The number of nitrogens with one attached hydrogen (secondary N) is 2. The van der Waals surface area contributed by atoms with Gasteiger partial charge in [0.25, 0.3) is 17.7 Å². The molecule has 1 aromatic heterocycles. The predicted molar refractivity (Wildman–Crippen MR) is 112 cm³/mol. The first-order chi connectivity index (χ1) is 14.6. The van der Waals surface area contributed by atoms with Crippen LogP contribution in [0.2, 0.25) is 0 Å². The molecule has 1 fully saturated rings. The van der Waals surface area contributed by atoms with E-state index in [9.17, 15) is 24.0 Å². The number of anilines is 1. The Bertz CT molecular complexity index is 1150. The van der Waals surface area contributed by atoms with E-state index in [1.54, 1.807) is 5.38 Å². The van der Waals surface area contributed by atoms with Crippen LogP contribution in [0.15, 0.2) is 23.6 Å². The van der Waals surface area contributed by atoms with Crippen LogP contribution in [0, 0.1) is 0 Å². The zero-order valence-electron chi connectivity index (χ0n) is 17.1. The highest BCUT2D eigenvalue weighted by atomic mass is 32.1. The number of carbonyl (C=O) groups excluding carboxylic acids is 5. The molecule has 1 saturated heterocycles. The third-order valence-electron chi connectivity index (χ3n) is 5.08. The van der Waals surface area contributed by atoms with E-state index in [2.05, 4.69) is 15.6 Å². The maximum absolute atomic E-state index is 12.9. The standard InChI is InChI=1S/C21H20N4O5S/c1-21(2,3)20-23-13(9-31-20)16(27)22-10-4-5-11-12(8-10)19(30)25(18(11)29)14-6-7-15(26)24-17(14)28/h4-5,8-9,14H,6-7H2,1-3H3,(H,22,27)(H,24,26,28). The van der Waals surface area contributed by atoms with Crippen molar-refractivity contribution in [1.29, 1.82) is 0 Å². The smallest absolute Gasteiger partial charge is 0.275 e. The van der Waals surface area contributed by atoms with Crippen molar-refractivity contribution in [3.63, 3.8) is 0 Å². The molecule has 2 aliphatic rings. The average Bonchev–Trinajstić information content (AvgIpc) is 3.28. The van der Waals surface area contributed by atoms with Gasteiger partial charge in [0.05, 0.1) is 16.1 Å². The molecule has 0 spiro atoms. The quantitative estimate of drug-likeness (QED) is 0.704. The van der Waals surface area contributed by atoms with E-state index in [4.69, 9.17) is 0 Å². The Hall–Kier alpha value is -3.40. The van der Waals surface area contributed by atoms with E-state index in [1.807, 2.05) is 20.8 Å². The lowest BCUT2D eigenvalue weighted by atomic mass is 9.98. The summed E-state index contributed by atoms with van der Waals surface area (Å²) in [6.07, 6.45) is 0.134. The van der Waals surface area contributed by atoms with E-state index >= 15 is 0 Å². The van der Waals surface area contributed by atoms with Gasteiger partial charge in [0.15, 0.2) is 0 Å². The monoisotopic (exact) mass is 440 g/mol. The summed E-state index contributed by atoms with van der Waals surface area (Å²) in [6, 6.07) is 3.34. The van der Waals surface area contributed by atoms with Gasteiger partial charge in [-0.05, 0) is 24.6 Å². The number of piperidine rings is 1. The molecule has 0 bridgehead atoms. The predicted octanol–water partition coefficient (Wildman–Crippen LogP) is 2.09.